The van der Waals surface area contributed by atoms with Gasteiger partial charge in [-0.2, -0.15) is 0 Å². The second-order valence-corrected chi connectivity index (χ2v) is 17.6. The number of hydrogen-bond donors (Lipinski definition) is 0. The van der Waals surface area contributed by atoms with Gasteiger partial charge < -0.3 is 9.80 Å². The maximum atomic E-state index is 2.50. The van der Waals surface area contributed by atoms with Crippen LogP contribution >= 0.6 is 0 Å². The molecule has 1 aliphatic carbocycles. The van der Waals surface area contributed by atoms with Crippen molar-refractivity contribution in [3.8, 4) is 44.5 Å². The average molecular weight is 853 g/mol. The first-order valence-corrected chi connectivity index (χ1v) is 23.2. The van der Waals surface area contributed by atoms with E-state index < -0.39 is 5.41 Å². The number of rotatable bonds is 7. The molecule has 0 saturated heterocycles. The number of fused-ring (bicyclic) bond motifs is 10. The highest BCUT2D eigenvalue weighted by Crippen LogP contribution is 2.64. The Kier molecular flexibility index (Phi) is 9.11. The summed E-state index contributed by atoms with van der Waals surface area (Å²) >= 11 is 0. The molecule has 0 saturated carbocycles. The molecule has 13 rings (SSSR count). The minimum absolute atomic E-state index is 0.599. The highest BCUT2D eigenvalue weighted by molar-refractivity contribution is 6.03. The molecule has 2 heteroatoms. The maximum Gasteiger partial charge on any atom is 0.0755 e. The van der Waals surface area contributed by atoms with Gasteiger partial charge in [0.05, 0.1) is 22.5 Å². The summed E-state index contributed by atoms with van der Waals surface area (Å²) in [7, 11) is 0. The SMILES string of the molecule is c1ccc(-c2cccc(N(c3ccc4c(c3)C3(c5ccccc5-4)c4ccccc4N(c4ccccc4)c4ccccc43)c3ccccc3-c3ccccc3-c3cccc4ccccc34)c2)cc1. The molecular formula is C65H44N2. The third-order valence-electron chi connectivity index (χ3n) is 14.1. The summed E-state index contributed by atoms with van der Waals surface area (Å²) in [6.07, 6.45) is 0. The second-order valence-electron chi connectivity index (χ2n) is 17.6. The molecule has 2 aliphatic rings. The van der Waals surface area contributed by atoms with Gasteiger partial charge in [0, 0.05) is 22.6 Å². The van der Waals surface area contributed by atoms with Crippen LogP contribution in [-0.2, 0) is 5.41 Å². The summed E-state index contributed by atoms with van der Waals surface area (Å²) in [6.45, 7) is 0. The van der Waals surface area contributed by atoms with E-state index in [1.807, 2.05) is 0 Å². The van der Waals surface area contributed by atoms with Crippen LogP contribution in [-0.4, -0.2) is 0 Å². The van der Waals surface area contributed by atoms with Crippen molar-refractivity contribution in [1.29, 1.82) is 0 Å². The molecule has 0 atom stereocenters. The maximum absolute atomic E-state index is 2.50. The summed E-state index contributed by atoms with van der Waals surface area (Å²) in [6, 6.07) is 98.3. The molecule has 314 valence electrons. The van der Waals surface area contributed by atoms with Crippen molar-refractivity contribution in [3.05, 3.63) is 289 Å². The fourth-order valence-electron chi connectivity index (χ4n) is 11.3. The Bertz CT molecular complexity index is 3610. The standard InChI is InChI=1S/C65H44N2/c1-3-21-45(22-4-1)47-25-19-28-49(43-47)66(62-38-16-12-33-57(62)54-31-10-9-30-53(54)52-34-20-24-46-23-7-8-29-51(46)52)50-41-42-56-55-32-11-13-35-58(55)65(61(56)44-50)59-36-14-17-39-63(59)67(48-26-5-2-6-27-48)64-40-18-15-37-60(64)65/h1-44H. The van der Waals surface area contributed by atoms with Gasteiger partial charge in [0.15, 0.2) is 0 Å². The lowest BCUT2D eigenvalue weighted by atomic mass is 9.64. The summed E-state index contributed by atoms with van der Waals surface area (Å²) in [4.78, 5) is 4.95. The first-order valence-electron chi connectivity index (χ1n) is 23.2. The molecule has 11 aromatic carbocycles. The Morgan fingerprint density at radius 2 is 0.806 bits per heavy atom. The molecule has 2 nitrogen and oxygen atoms in total. The molecule has 0 bridgehead atoms. The summed E-state index contributed by atoms with van der Waals surface area (Å²) < 4.78 is 0. The van der Waals surface area contributed by atoms with E-state index in [-0.39, 0.29) is 0 Å². The predicted octanol–water partition coefficient (Wildman–Crippen LogP) is 17.5. The summed E-state index contributed by atoms with van der Waals surface area (Å²) in [5.41, 5.74) is 20.9. The van der Waals surface area contributed by atoms with E-state index in [1.54, 1.807) is 0 Å². The molecule has 0 fully saturated rings. The van der Waals surface area contributed by atoms with E-state index >= 15 is 0 Å². The minimum Gasteiger partial charge on any atom is -0.310 e. The van der Waals surface area contributed by atoms with Gasteiger partial charge in [-0.3, -0.25) is 0 Å². The zero-order chi connectivity index (χ0) is 44.3. The van der Waals surface area contributed by atoms with Crippen LogP contribution in [0.1, 0.15) is 22.3 Å². The van der Waals surface area contributed by atoms with Crippen molar-refractivity contribution in [2.75, 3.05) is 9.80 Å². The van der Waals surface area contributed by atoms with Gasteiger partial charge in [0.1, 0.15) is 0 Å². The van der Waals surface area contributed by atoms with Crippen LogP contribution in [0.4, 0.5) is 34.1 Å². The number of hydrogen-bond acceptors (Lipinski definition) is 2. The molecule has 0 unspecified atom stereocenters. The lowest BCUT2D eigenvalue weighted by molar-refractivity contribution is 0.752. The van der Waals surface area contributed by atoms with Crippen molar-refractivity contribution >= 4 is 44.9 Å². The minimum atomic E-state index is -0.599. The first kappa shape index (κ1) is 38.7. The Morgan fingerprint density at radius 1 is 0.299 bits per heavy atom. The van der Waals surface area contributed by atoms with E-state index in [4.69, 9.17) is 0 Å². The van der Waals surface area contributed by atoms with E-state index in [9.17, 15) is 0 Å². The lowest BCUT2D eigenvalue weighted by Crippen LogP contribution is -2.36. The van der Waals surface area contributed by atoms with Gasteiger partial charge in [-0.1, -0.05) is 212 Å². The molecule has 0 radical (unpaired) electrons. The second kappa shape index (κ2) is 15.8. The largest absolute Gasteiger partial charge is 0.310 e. The van der Waals surface area contributed by atoms with E-state index in [0.29, 0.717) is 0 Å². The molecular weight excluding hydrogens is 809 g/mol. The van der Waals surface area contributed by atoms with Crippen LogP contribution < -0.4 is 9.80 Å². The third-order valence-corrected chi connectivity index (χ3v) is 14.1. The molecule has 1 heterocycles. The summed E-state index contributed by atoms with van der Waals surface area (Å²) in [5, 5.41) is 2.47. The molecule has 0 N–H and O–H groups in total. The number of benzene rings is 11. The van der Waals surface area contributed by atoms with Crippen LogP contribution in [0.3, 0.4) is 0 Å². The average Bonchev–Trinajstić information content (AvgIpc) is 3.69. The van der Waals surface area contributed by atoms with Gasteiger partial charge in [0.25, 0.3) is 0 Å². The van der Waals surface area contributed by atoms with Crippen molar-refractivity contribution < 1.29 is 0 Å². The van der Waals surface area contributed by atoms with E-state index in [2.05, 4.69) is 277 Å². The van der Waals surface area contributed by atoms with Crippen molar-refractivity contribution in [3.63, 3.8) is 0 Å². The zero-order valence-electron chi connectivity index (χ0n) is 36.8. The first-order chi connectivity index (χ1) is 33.3. The monoisotopic (exact) mass is 852 g/mol. The number of anilines is 6. The van der Waals surface area contributed by atoms with Crippen LogP contribution in [0.5, 0.6) is 0 Å². The fraction of sp³-hybridized carbons (Fsp3) is 0.0154. The Balaban J connectivity index is 1.08. The van der Waals surface area contributed by atoms with Crippen LogP contribution in [0.15, 0.2) is 267 Å². The molecule has 67 heavy (non-hydrogen) atoms. The lowest BCUT2D eigenvalue weighted by Gasteiger charge is -2.45. The normalized spacial score (nSPS) is 12.9. The molecule has 0 aromatic heterocycles. The van der Waals surface area contributed by atoms with Crippen LogP contribution in [0.25, 0.3) is 55.3 Å². The molecule has 11 aromatic rings. The van der Waals surface area contributed by atoms with Crippen LogP contribution in [0.2, 0.25) is 0 Å². The highest BCUT2D eigenvalue weighted by Gasteiger charge is 2.51. The topological polar surface area (TPSA) is 6.48 Å². The van der Waals surface area contributed by atoms with Crippen LogP contribution in [0, 0.1) is 0 Å². The highest BCUT2D eigenvalue weighted by atomic mass is 15.2. The van der Waals surface area contributed by atoms with Gasteiger partial charge in [-0.15, -0.1) is 0 Å². The smallest absolute Gasteiger partial charge is 0.0755 e. The van der Waals surface area contributed by atoms with E-state index in [0.717, 1.165) is 33.9 Å². The van der Waals surface area contributed by atoms with Gasteiger partial charge in [-0.25, -0.2) is 0 Å². The van der Waals surface area contributed by atoms with Gasteiger partial charge in [-0.05, 0) is 127 Å². The number of nitrogens with zero attached hydrogens (tertiary/aromatic N) is 2. The van der Waals surface area contributed by atoms with Gasteiger partial charge >= 0.3 is 0 Å². The van der Waals surface area contributed by atoms with E-state index in [1.165, 1.54) is 77.8 Å². The Morgan fingerprint density at radius 3 is 1.57 bits per heavy atom. The Hall–Kier alpha value is -8.72. The molecule has 1 spiro atoms. The molecule has 1 aliphatic heterocycles. The van der Waals surface area contributed by atoms with Crippen molar-refractivity contribution in [2.45, 2.75) is 5.41 Å². The van der Waals surface area contributed by atoms with Gasteiger partial charge in [0.2, 0.25) is 0 Å². The molecule has 0 amide bonds. The zero-order valence-corrected chi connectivity index (χ0v) is 36.8. The Labute approximate surface area is 391 Å². The quantitative estimate of drug-likeness (QED) is 0.158. The van der Waals surface area contributed by atoms with Crippen molar-refractivity contribution in [2.24, 2.45) is 0 Å². The summed E-state index contributed by atoms with van der Waals surface area (Å²) in [5.74, 6) is 0. The third kappa shape index (κ3) is 6.04. The fourth-order valence-corrected chi connectivity index (χ4v) is 11.3. The number of para-hydroxylation sites is 4. The predicted molar refractivity (Wildman–Crippen MR) is 280 cm³/mol. The van der Waals surface area contributed by atoms with Crippen molar-refractivity contribution in [1.82, 2.24) is 0 Å².